The molecule has 0 radical (unpaired) electrons. The third-order valence-corrected chi connectivity index (χ3v) is 5.19. The van der Waals surface area contributed by atoms with Gasteiger partial charge in [-0.05, 0) is 31.1 Å². The first-order valence-electron chi connectivity index (χ1n) is 7.34. The van der Waals surface area contributed by atoms with Gasteiger partial charge in [-0.3, -0.25) is 0 Å². The van der Waals surface area contributed by atoms with E-state index in [4.69, 9.17) is 16.3 Å². The topological polar surface area (TPSA) is 22.1 Å². The van der Waals surface area contributed by atoms with Crippen LogP contribution in [0.1, 0.15) is 62.8 Å². The van der Waals surface area contributed by atoms with Crippen molar-refractivity contribution in [3.05, 3.63) is 16.1 Å². The van der Waals surface area contributed by atoms with E-state index in [1.807, 2.05) is 5.38 Å². The summed E-state index contributed by atoms with van der Waals surface area (Å²) < 4.78 is 6.13. The van der Waals surface area contributed by atoms with Crippen molar-refractivity contribution in [3.63, 3.8) is 0 Å². The number of nitrogens with zero attached hydrogens (tertiary/aromatic N) is 1. The van der Waals surface area contributed by atoms with Gasteiger partial charge in [-0.15, -0.1) is 22.9 Å². The van der Waals surface area contributed by atoms with Gasteiger partial charge in [0.25, 0.3) is 0 Å². The molecule has 0 aliphatic heterocycles. The SMILES string of the molecule is CCC(OCC1CCCC(C)C1)c1nc(CCl)cs1. The second-order valence-electron chi connectivity index (χ2n) is 5.68. The number of rotatable bonds is 6. The van der Waals surface area contributed by atoms with Gasteiger partial charge < -0.3 is 4.74 Å². The Kier molecular flexibility index (Phi) is 6.11. The van der Waals surface area contributed by atoms with Crippen LogP contribution in [-0.2, 0) is 10.6 Å². The van der Waals surface area contributed by atoms with Crippen LogP contribution in [0.5, 0.6) is 0 Å². The highest BCUT2D eigenvalue weighted by Crippen LogP contribution is 2.31. The summed E-state index contributed by atoms with van der Waals surface area (Å²) >= 11 is 7.48. The number of hydrogen-bond acceptors (Lipinski definition) is 3. The molecule has 3 atom stereocenters. The predicted molar refractivity (Wildman–Crippen MR) is 81.8 cm³/mol. The molecule has 1 fully saturated rings. The zero-order chi connectivity index (χ0) is 13.7. The Morgan fingerprint density at radius 2 is 2.37 bits per heavy atom. The molecule has 1 aliphatic carbocycles. The predicted octanol–water partition coefficient (Wildman–Crippen LogP) is 5.18. The third kappa shape index (κ3) is 4.44. The zero-order valence-electron chi connectivity index (χ0n) is 11.9. The second-order valence-corrected chi connectivity index (χ2v) is 6.84. The molecule has 1 heterocycles. The lowest BCUT2D eigenvalue weighted by Gasteiger charge is -2.27. The van der Waals surface area contributed by atoms with Gasteiger partial charge in [0.15, 0.2) is 0 Å². The van der Waals surface area contributed by atoms with E-state index in [0.29, 0.717) is 5.88 Å². The quantitative estimate of drug-likeness (QED) is 0.676. The van der Waals surface area contributed by atoms with Crippen LogP contribution in [0.25, 0.3) is 0 Å². The van der Waals surface area contributed by atoms with Gasteiger partial charge in [0, 0.05) is 5.38 Å². The van der Waals surface area contributed by atoms with Gasteiger partial charge in [0.1, 0.15) is 11.1 Å². The van der Waals surface area contributed by atoms with Crippen LogP contribution >= 0.6 is 22.9 Å². The highest BCUT2D eigenvalue weighted by atomic mass is 35.5. The summed E-state index contributed by atoms with van der Waals surface area (Å²) in [5.74, 6) is 2.10. The molecule has 1 aromatic heterocycles. The van der Waals surface area contributed by atoms with E-state index in [1.165, 1.54) is 25.7 Å². The largest absolute Gasteiger partial charge is 0.371 e. The summed E-state index contributed by atoms with van der Waals surface area (Å²) in [5.41, 5.74) is 0.968. The number of halogens is 1. The van der Waals surface area contributed by atoms with E-state index in [2.05, 4.69) is 18.8 Å². The average Bonchev–Trinajstić information content (AvgIpc) is 2.88. The fourth-order valence-corrected chi connectivity index (χ4v) is 4.04. The molecule has 0 spiro atoms. The lowest BCUT2D eigenvalue weighted by Crippen LogP contribution is -2.19. The Balaban J connectivity index is 1.85. The Bertz CT molecular complexity index is 382. The number of ether oxygens (including phenoxy) is 1. The number of aromatic nitrogens is 1. The third-order valence-electron chi connectivity index (χ3n) is 3.93. The molecule has 19 heavy (non-hydrogen) atoms. The molecule has 4 heteroatoms. The number of hydrogen-bond donors (Lipinski definition) is 0. The zero-order valence-corrected chi connectivity index (χ0v) is 13.5. The van der Waals surface area contributed by atoms with Crippen molar-refractivity contribution >= 4 is 22.9 Å². The summed E-state index contributed by atoms with van der Waals surface area (Å²) in [7, 11) is 0. The molecule has 108 valence electrons. The van der Waals surface area contributed by atoms with E-state index < -0.39 is 0 Å². The first-order chi connectivity index (χ1) is 9.22. The van der Waals surface area contributed by atoms with Crippen LogP contribution in [0.4, 0.5) is 0 Å². The van der Waals surface area contributed by atoms with Gasteiger partial charge in [0.2, 0.25) is 0 Å². The van der Waals surface area contributed by atoms with E-state index >= 15 is 0 Å². The minimum absolute atomic E-state index is 0.152. The Morgan fingerprint density at radius 3 is 3.00 bits per heavy atom. The Morgan fingerprint density at radius 1 is 1.53 bits per heavy atom. The lowest BCUT2D eigenvalue weighted by atomic mass is 9.83. The minimum Gasteiger partial charge on any atom is -0.371 e. The van der Waals surface area contributed by atoms with Crippen LogP contribution in [0, 0.1) is 11.8 Å². The van der Waals surface area contributed by atoms with Crippen molar-refractivity contribution < 1.29 is 4.74 Å². The number of alkyl halides is 1. The summed E-state index contributed by atoms with van der Waals surface area (Å²) in [6.45, 7) is 5.41. The second kappa shape index (κ2) is 7.61. The summed E-state index contributed by atoms with van der Waals surface area (Å²) in [4.78, 5) is 4.54. The molecule has 1 aliphatic rings. The molecule has 0 N–H and O–H groups in total. The van der Waals surface area contributed by atoms with E-state index in [-0.39, 0.29) is 6.10 Å². The highest BCUT2D eigenvalue weighted by Gasteiger charge is 2.21. The standard InChI is InChI=1S/C15H24ClNOS/c1-3-14(15-17-13(8-16)10-19-15)18-9-12-6-4-5-11(2)7-12/h10-12,14H,3-9H2,1-2H3. The first-order valence-corrected chi connectivity index (χ1v) is 8.76. The van der Waals surface area contributed by atoms with Gasteiger partial charge >= 0.3 is 0 Å². The maximum absolute atomic E-state index is 6.13. The van der Waals surface area contributed by atoms with Gasteiger partial charge in [-0.25, -0.2) is 4.98 Å². The van der Waals surface area contributed by atoms with E-state index in [9.17, 15) is 0 Å². The van der Waals surface area contributed by atoms with Crippen molar-refractivity contribution in [1.82, 2.24) is 4.98 Å². The molecule has 0 bridgehead atoms. The first kappa shape index (κ1) is 15.3. The molecule has 1 aromatic rings. The summed E-state index contributed by atoms with van der Waals surface area (Å²) in [5, 5.41) is 3.12. The highest BCUT2D eigenvalue weighted by molar-refractivity contribution is 7.09. The molecule has 0 saturated heterocycles. The van der Waals surface area contributed by atoms with E-state index in [1.54, 1.807) is 11.3 Å². The molecular weight excluding hydrogens is 278 g/mol. The average molecular weight is 302 g/mol. The maximum atomic E-state index is 6.13. The van der Waals surface area contributed by atoms with Crippen LogP contribution in [-0.4, -0.2) is 11.6 Å². The molecule has 0 amide bonds. The Labute approximate surface area is 125 Å². The lowest BCUT2D eigenvalue weighted by molar-refractivity contribution is 0.0126. The minimum atomic E-state index is 0.152. The van der Waals surface area contributed by atoms with Crippen molar-refractivity contribution in [2.24, 2.45) is 11.8 Å². The molecule has 2 nitrogen and oxygen atoms in total. The van der Waals surface area contributed by atoms with Gasteiger partial charge in [0.05, 0.1) is 18.2 Å². The number of thiazole rings is 1. The van der Waals surface area contributed by atoms with Gasteiger partial charge in [-0.2, -0.15) is 0 Å². The van der Waals surface area contributed by atoms with Crippen molar-refractivity contribution in [1.29, 1.82) is 0 Å². The van der Waals surface area contributed by atoms with Crippen LogP contribution < -0.4 is 0 Å². The molecular formula is C15H24ClNOS. The van der Waals surface area contributed by atoms with E-state index in [0.717, 1.165) is 35.6 Å². The maximum Gasteiger partial charge on any atom is 0.122 e. The van der Waals surface area contributed by atoms with Crippen molar-refractivity contribution in [2.45, 2.75) is 57.9 Å². The van der Waals surface area contributed by atoms with Crippen LogP contribution in [0.2, 0.25) is 0 Å². The smallest absolute Gasteiger partial charge is 0.122 e. The normalized spacial score (nSPS) is 25.4. The van der Waals surface area contributed by atoms with Crippen molar-refractivity contribution in [3.8, 4) is 0 Å². The fraction of sp³-hybridized carbons (Fsp3) is 0.800. The Hall–Kier alpha value is -0.120. The monoisotopic (exact) mass is 301 g/mol. The van der Waals surface area contributed by atoms with Crippen LogP contribution in [0.3, 0.4) is 0 Å². The van der Waals surface area contributed by atoms with Crippen LogP contribution in [0.15, 0.2) is 5.38 Å². The van der Waals surface area contributed by atoms with Gasteiger partial charge in [-0.1, -0.05) is 26.7 Å². The molecule has 0 aromatic carbocycles. The molecule has 1 saturated carbocycles. The molecule has 3 unspecified atom stereocenters. The summed E-state index contributed by atoms with van der Waals surface area (Å²) in [6, 6.07) is 0. The summed E-state index contributed by atoms with van der Waals surface area (Å²) in [6.07, 6.45) is 6.53. The molecule has 2 rings (SSSR count). The van der Waals surface area contributed by atoms with Crippen molar-refractivity contribution in [2.75, 3.05) is 6.61 Å². The fourth-order valence-electron chi connectivity index (χ4n) is 2.86.